The van der Waals surface area contributed by atoms with Gasteiger partial charge < -0.3 is 4.57 Å². The molecule has 1 atom stereocenters. The molecule has 0 aliphatic carbocycles. The zero-order valence-corrected chi connectivity index (χ0v) is 22.2. The number of halogens is 1. The minimum Gasteiger partial charge on any atom is -0.318 e. The second kappa shape index (κ2) is 11.5. The van der Waals surface area contributed by atoms with Gasteiger partial charge in [0.25, 0.3) is 0 Å². The number of aryl methyl sites for hydroxylation is 2. The minimum absolute atomic E-state index is 0.124. The highest BCUT2D eigenvalue weighted by Gasteiger charge is 2.23. The molecule has 4 aromatic rings. The van der Waals surface area contributed by atoms with Crippen molar-refractivity contribution in [2.24, 2.45) is 5.10 Å². The van der Waals surface area contributed by atoms with E-state index in [0.29, 0.717) is 5.56 Å². The third kappa shape index (κ3) is 6.42. The number of sulfonamides is 1. The second-order valence-corrected chi connectivity index (χ2v) is 10.7. The number of hydrogen-bond acceptors (Lipinski definition) is 4. The van der Waals surface area contributed by atoms with Crippen molar-refractivity contribution >= 4 is 22.1 Å². The molecule has 7 nitrogen and oxygen atoms in total. The van der Waals surface area contributed by atoms with Gasteiger partial charge in [-0.2, -0.15) is 5.10 Å². The quantitative estimate of drug-likeness (QED) is 0.232. The van der Waals surface area contributed by atoms with Gasteiger partial charge in [-0.3, -0.25) is 4.79 Å². The van der Waals surface area contributed by atoms with E-state index in [1.54, 1.807) is 48.5 Å². The van der Waals surface area contributed by atoms with E-state index in [1.807, 2.05) is 37.5 Å². The summed E-state index contributed by atoms with van der Waals surface area (Å²) < 4.78 is 44.0. The number of aromatic nitrogens is 1. The summed E-state index contributed by atoms with van der Waals surface area (Å²) in [5.74, 6) is -0.760. The summed E-state index contributed by atoms with van der Waals surface area (Å²) in [5.41, 5.74) is 7.51. The van der Waals surface area contributed by atoms with Crippen LogP contribution in [0.5, 0.6) is 0 Å². The Balaban J connectivity index is 1.48. The van der Waals surface area contributed by atoms with E-state index in [4.69, 9.17) is 0 Å². The van der Waals surface area contributed by atoms with Gasteiger partial charge in [0.1, 0.15) is 5.82 Å². The lowest BCUT2D eigenvalue weighted by Gasteiger charge is -2.18. The standard InChI is InChI=1S/C29H29FN4O3S/c1-20-9-15-27(16-10-20)38(36,37)33-28(23-7-5-4-6-8-23)18-29(35)32-31-19-24-17-21(2)34(22(24)3)26-13-11-25(30)12-14-26/h4-17,19,28,33H,18H2,1-3H3,(H,32,35)/b31-19-/t28-/m0/s1. The van der Waals surface area contributed by atoms with E-state index in [2.05, 4.69) is 15.2 Å². The van der Waals surface area contributed by atoms with Crippen molar-refractivity contribution in [1.82, 2.24) is 14.7 Å². The smallest absolute Gasteiger partial charge is 0.242 e. The normalized spacial score (nSPS) is 12.5. The number of carbonyl (C=O) groups is 1. The van der Waals surface area contributed by atoms with Crippen LogP contribution in [-0.4, -0.2) is 25.1 Å². The van der Waals surface area contributed by atoms with Crippen LogP contribution in [0, 0.1) is 26.6 Å². The number of nitrogens with one attached hydrogen (secondary N) is 2. The fourth-order valence-corrected chi connectivity index (χ4v) is 5.42. The third-order valence-electron chi connectivity index (χ3n) is 6.17. The van der Waals surface area contributed by atoms with E-state index >= 15 is 0 Å². The molecular formula is C29H29FN4O3S. The SMILES string of the molecule is Cc1ccc(S(=O)(=O)N[C@@H](CC(=O)N/N=C\c2cc(C)n(-c3ccc(F)cc3)c2C)c2ccccc2)cc1. The van der Waals surface area contributed by atoms with Crippen LogP contribution in [0.2, 0.25) is 0 Å². The van der Waals surface area contributed by atoms with Crippen molar-refractivity contribution in [1.29, 1.82) is 0 Å². The highest BCUT2D eigenvalue weighted by atomic mass is 32.2. The van der Waals surface area contributed by atoms with Crippen molar-refractivity contribution in [2.45, 2.75) is 38.1 Å². The monoisotopic (exact) mass is 532 g/mol. The molecule has 4 rings (SSSR count). The average molecular weight is 533 g/mol. The highest BCUT2D eigenvalue weighted by Crippen LogP contribution is 2.22. The largest absolute Gasteiger partial charge is 0.318 e. The summed E-state index contributed by atoms with van der Waals surface area (Å²) in [5, 5.41) is 4.10. The van der Waals surface area contributed by atoms with Gasteiger partial charge in [0.15, 0.2) is 0 Å². The van der Waals surface area contributed by atoms with Gasteiger partial charge >= 0.3 is 0 Å². The van der Waals surface area contributed by atoms with Gasteiger partial charge in [0, 0.05) is 29.1 Å². The van der Waals surface area contributed by atoms with E-state index in [9.17, 15) is 17.6 Å². The zero-order valence-electron chi connectivity index (χ0n) is 21.4. The van der Waals surface area contributed by atoms with Crippen LogP contribution in [0.3, 0.4) is 0 Å². The first kappa shape index (κ1) is 27.0. The van der Waals surface area contributed by atoms with Gasteiger partial charge in [-0.1, -0.05) is 48.0 Å². The van der Waals surface area contributed by atoms with Crippen LogP contribution in [0.4, 0.5) is 4.39 Å². The molecule has 196 valence electrons. The van der Waals surface area contributed by atoms with Crippen LogP contribution in [0.1, 0.15) is 40.5 Å². The molecule has 0 spiro atoms. The predicted octanol–water partition coefficient (Wildman–Crippen LogP) is 5.10. The number of hydrazone groups is 1. The van der Waals surface area contributed by atoms with Crippen molar-refractivity contribution in [2.75, 3.05) is 0 Å². The minimum atomic E-state index is -3.86. The first-order valence-corrected chi connectivity index (χ1v) is 13.5. The lowest BCUT2D eigenvalue weighted by atomic mass is 10.0. The highest BCUT2D eigenvalue weighted by molar-refractivity contribution is 7.89. The van der Waals surface area contributed by atoms with Crippen molar-refractivity contribution < 1.29 is 17.6 Å². The Bertz CT molecular complexity index is 1550. The Hall–Kier alpha value is -4.08. The Morgan fingerprint density at radius 2 is 1.63 bits per heavy atom. The molecule has 1 heterocycles. The lowest BCUT2D eigenvalue weighted by Crippen LogP contribution is -2.32. The summed E-state index contributed by atoms with van der Waals surface area (Å²) in [4.78, 5) is 12.9. The van der Waals surface area contributed by atoms with Crippen LogP contribution in [0.15, 0.2) is 94.9 Å². The Kier molecular flexibility index (Phi) is 8.19. The first-order valence-electron chi connectivity index (χ1n) is 12.0. The zero-order chi connectivity index (χ0) is 27.3. The van der Waals surface area contributed by atoms with Gasteiger partial charge in [0.05, 0.1) is 17.2 Å². The molecule has 9 heteroatoms. The molecule has 0 bridgehead atoms. The molecule has 1 amide bonds. The van der Waals surface area contributed by atoms with E-state index in [0.717, 1.165) is 28.2 Å². The number of nitrogens with zero attached hydrogens (tertiary/aromatic N) is 2. The van der Waals surface area contributed by atoms with Gasteiger partial charge in [-0.15, -0.1) is 0 Å². The molecule has 0 saturated heterocycles. The molecule has 0 radical (unpaired) electrons. The van der Waals surface area contributed by atoms with Gasteiger partial charge in [0.2, 0.25) is 15.9 Å². The number of amides is 1. The Morgan fingerprint density at radius 3 is 2.29 bits per heavy atom. The molecular weight excluding hydrogens is 503 g/mol. The van der Waals surface area contributed by atoms with Crippen LogP contribution in [-0.2, 0) is 14.8 Å². The summed E-state index contributed by atoms with van der Waals surface area (Å²) in [6.45, 7) is 5.71. The number of carbonyl (C=O) groups excluding carboxylic acids is 1. The molecule has 3 aromatic carbocycles. The van der Waals surface area contributed by atoms with Crippen LogP contribution in [0.25, 0.3) is 5.69 Å². The topological polar surface area (TPSA) is 92.6 Å². The fourth-order valence-electron chi connectivity index (χ4n) is 4.20. The maximum absolute atomic E-state index is 13.3. The summed E-state index contributed by atoms with van der Waals surface area (Å²) in [6.07, 6.45) is 1.38. The van der Waals surface area contributed by atoms with Crippen LogP contribution >= 0.6 is 0 Å². The second-order valence-electron chi connectivity index (χ2n) is 9.03. The Morgan fingerprint density at radius 1 is 0.974 bits per heavy atom. The number of benzene rings is 3. The van der Waals surface area contributed by atoms with Gasteiger partial charge in [-0.25, -0.2) is 23.0 Å². The van der Waals surface area contributed by atoms with Crippen molar-refractivity contribution in [3.8, 4) is 5.69 Å². The predicted molar refractivity (Wildman–Crippen MR) is 146 cm³/mol. The van der Waals surface area contributed by atoms with Gasteiger partial charge in [-0.05, 0) is 68.8 Å². The maximum atomic E-state index is 13.3. The summed E-state index contributed by atoms with van der Waals surface area (Å²) >= 11 is 0. The number of rotatable bonds is 9. The molecule has 0 aliphatic rings. The Labute approximate surface area is 222 Å². The maximum Gasteiger partial charge on any atom is 0.242 e. The average Bonchev–Trinajstić information content (AvgIpc) is 3.17. The summed E-state index contributed by atoms with van der Waals surface area (Å²) in [7, 11) is -3.86. The van der Waals surface area contributed by atoms with E-state index in [-0.39, 0.29) is 17.1 Å². The molecule has 0 fully saturated rings. The van der Waals surface area contributed by atoms with E-state index in [1.165, 1.54) is 30.5 Å². The first-order chi connectivity index (χ1) is 18.1. The number of hydrogen-bond donors (Lipinski definition) is 2. The molecule has 0 saturated carbocycles. The molecule has 0 unspecified atom stereocenters. The molecule has 1 aromatic heterocycles. The van der Waals surface area contributed by atoms with Crippen molar-refractivity contribution in [3.63, 3.8) is 0 Å². The van der Waals surface area contributed by atoms with Crippen LogP contribution < -0.4 is 10.1 Å². The fraction of sp³-hybridized carbons (Fsp3) is 0.172. The lowest BCUT2D eigenvalue weighted by molar-refractivity contribution is -0.121. The molecule has 2 N–H and O–H groups in total. The summed E-state index contributed by atoms with van der Waals surface area (Å²) in [6, 6.07) is 22.8. The molecule has 0 aliphatic heterocycles. The molecule has 38 heavy (non-hydrogen) atoms. The van der Waals surface area contributed by atoms with Crippen molar-refractivity contribution in [3.05, 3.63) is 119 Å². The van der Waals surface area contributed by atoms with E-state index < -0.39 is 22.0 Å². The third-order valence-corrected chi connectivity index (χ3v) is 7.66.